The molecule has 0 atom stereocenters. The number of nitrogens with one attached hydrogen (secondary N) is 1. The molecule has 1 amide bonds. The van der Waals surface area contributed by atoms with Crippen molar-refractivity contribution in [2.24, 2.45) is 4.99 Å². The maximum absolute atomic E-state index is 12.3. The zero-order valence-electron chi connectivity index (χ0n) is 14.6. The summed E-state index contributed by atoms with van der Waals surface area (Å²) in [5.74, 6) is 0.399. The van der Waals surface area contributed by atoms with Crippen LogP contribution in [-0.2, 0) is 4.79 Å². The van der Waals surface area contributed by atoms with Gasteiger partial charge in [0.1, 0.15) is 5.70 Å². The van der Waals surface area contributed by atoms with Crippen molar-refractivity contribution in [3.05, 3.63) is 53.7 Å². The van der Waals surface area contributed by atoms with Gasteiger partial charge in [0.2, 0.25) is 5.96 Å². The number of hydrogen-bond donors (Lipinski definition) is 2. The molecule has 4 rings (SSSR count). The van der Waals surface area contributed by atoms with E-state index in [0.717, 1.165) is 42.5 Å². The average Bonchev–Trinajstić information content (AvgIpc) is 3.03. The summed E-state index contributed by atoms with van der Waals surface area (Å²) in [6, 6.07) is 14.2. The number of piperazine rings is 1. The molecule has 0 unspecified atom stereocenters. The van der Waals surface area contributed by atoms with Gasteiger partial charge in [0, 0.05) is 32.7 Å². The number of carbonyl (C=O) groups is 1. The molecular formula is C20H22N4O2. The highest BCUT2D eigenvalue weighted by molar-refractivity contribution is 6.13. The minimum absolute atomic E-state index is 0.176. The van der Waals surface area contributed by atoms with E-state index in [9.17, 15) is 4.79 Å². The fourth-order valence-electron chi connectivity index (χ4n) is 3.46. The number of fused-ring (bicyclic) bond motifs is 1. The van der Waals surface area contributed by atoms with Crippen molar-refractivity contribution >= 4 is 28.7 Å². The first-order valence-electron chi connectivity index (χ1n) is 8.92. The quantitative estimate of drug-likeness (QED) is 0.816. The second kappa shape index (κ2) is 7.27. The number of aliphatic imine (C=N–C) groups is 1. The third-order valence-corrected chi connectivity index (χ3v) is 4.90. The van der Waals surface area contributed by atoms with Crippen LogP contribution in [0.1, 0.15) is 5.56 Å². The monoisotopic (exact) mass is 350 g/mol. The van der Waals surface area contributed by atoms with Gasteiger partial charge in [0.05, 0.1) is 6.61 Å². The third-order valence-electron chi connectivity index (χ3n) is 4.90. The fourth-order valence-corrected chi connectivity index (χ4v) is 3.46. The molecule has 134 valence electrons. The highest BCUT2D eigenvalue weighted by Gasteiger charge is 2.27. The zero-order valence-corrected chi connectivity index (χ0v) is 14.6. The van der Waals surface area contributed by atoms with Crippen LogP contribution in [0.4, 0.5) is 0 Å². The van der Waals surface area contributed by atoms with Gasteiger partial charge in [-0.25, -0.2) is 0 Å². The summed E-state index contributed by atoms with van der Waals surface area (Å²) < 4.78 is 0. The minimum atomic E-state index is -0.231. The third kappa shape index (κ3) is 3.34. The highest BCUT2D eigenvalue weighted by atomic mass is 16.3. The van der Waals surface area contributed by atoms with Crippen molar-refractivity contribution in [2.75, 3.05) is 39.3 Å². The van der Waals surface area contributed by atoms with Crippen LogP contribution in [-0.4, -0.2) is 66.1 Å². The Bertz CT molecular complexity index is 877. The molecule has 6 heteroatoms. The first-order valence-corrected chi connectivity index (χ1v) is 8.92. The number of guanidine groups is 1. The first-order chi connectivity index (χ1) is 12.7. The Kier molecular flexibility index (Phi) is 4.69. The molecule has 0 aliphatic carbocycles. The zero-order chi connectivity index (χ0) is 17.9. The second-order valence-electron chi connectivity index (χ2n) is 6.54. The standard InChI is InChI=1S/C20H22N4O2/c25-13-12-23-8-10-24(11-9-23)20-21-18(19(26)22-20)14-16-6-3-5-15-4-1-2-7-17(15)16/h1-7,14,25H,8-13H2,(H,21,22,26)/b18-14-. The molecule has 2 aromatic carbocycles. The minimum Gasteiger partial charge on any atom is -0.395 e. The Balaban J connectivity index is 1.50. The molecule has 26 heavy (non-hydrogen) atoms. The van der Waals surface area contributed by atoms with E-state index in [2.05, 4.69) is 38.3 Å². The van der Waals surface area contributed by atoms with Gasteiger partial charge in [-0.3, -0.25) is 9.69 Å². The highest BCUT2D eigenvalue weighted by Crippen LogP contribution is 2.21. The summed E-state index contributed by atoms with van der Waals surface area (Å²) in [7, 11) is 0. The maximum atomic E-state index is 12.3. The van der Waals surface area contributed by atoms with Crippen LogP contribution in [0.15, 0.2) is 53.2 Å². The van der Waals surface area contributed by atoms with E-state index in [1.54, 1.807) is 0 Å². The van der Waals surface area contributed by atoms with Gasteiger partial charge in [-0.05, 0) is 22.4 Å². The topological polar surface area (TPSA) is 68.2 Å². The predicted molar refractivity (Wildman–Crippen MR) is 103 cm³/mol. The van der Waals surface area contributed by atoms with Gasteiger partial charge in [-0.1, -0.05) is 42.5 Å². The number of carbonyl (C=O) groups excluding carboxylic acids is 1. The Morgan fingerprint density at radius 1 is 1.08 bits per heavy atom. The van der Waals surface area contributed by atoms with Gasteiger partial charge >= 0.3 is 0 Å². The number of benzene rings is 2. The van der Waals surface area contributed by atoms with Gasteiger partial charge in [-0.2, -0.15) is 4.99 Å². The molecule has 2 aromatic rings. The Hall–Kier alpha value is -2.70. The fraction of sp³-hybridized carbons (Fsp3) is 0.300. The summed E-state index contributed by atoms with van der Waals surface area (Å²) in [5.41, 5.74) is 1.51. The number of rotatable bonds is 3. The molecule has 2 N–H and O–H groups in total. The van der Waals surface area contributed by atoms with E-state index in [-0.39, 0.29) is 12.5 Å². The summed E-state index contributed by atoms with van der Waals surface area (Å²) in [5, 5.41) is 14.5. The van der Waals surface area contributed by atoms with E-state index in [0.29, 0.717) is 18.2 Å². The van der Waals surface area contributed by atoms with E-state index >= 15 is 0 Å². The van der Waals surface area contributed by atoms with Crippen molar-refractivity contribution in [1.29, 1.82) is 0 Å². The molecule has 1 fully saturated rings. The number of nitrogens with zero attached hydrogens (tertiary/aromatic N) is 3. The molecular weight excluding hydrogens is 328 g/mol. The van der Waals surface area contributed by atoms with E-state index in [1.807, 2.05) is 30.3 Å². The van der Waals surface area contributed by atoms with Crippen LogP contribution in [0, 0.1) is 0 Å². The Labute approximate surface area is 152 Å². The SMILES string of the molecule is O=C1N=C(N2CCN(CCO)CC2)N/C1=C\c1cccc2ccccc12. The number of aliphatic hydroxyl groups excluding tert-OH is 1. The van der Waals surface area contributed by atoms with E-state index in [1.165, 1.54) is 0 Å². The van der Waals surface area contributed by atoms with Crippen molar-refractivity contribution in [1.82, 2.24) is 15.1 Å². The van der Waals surface area contributed by atoms with E-state index < -0.39 is 0 Å². The molecule has 0 spiro atoms. The number of aliphatic hydroxyl groups is 1. The molecule has 0 radical (unpaired) electrons. The lowest BCUT2D eigenvalue weighted by Crippen LogP contribution is -2.51. The maximum Gasteiger partial charge on any atom is 0.296 e. The predicted octanol–water partition coefficient (Wildman–Crippen LogP) is 1.28. The lowest BCUT2D eigenvalue weighted by atomic mass is 10.0. The number of hydrogen-bond acceptors (Lipinski definition) is 5. The second-order valence-corrected chi connectivity index (χ2v) is 6.54. The van der Waals surface area contributed by atoms with Crippen LogP contribution in [0.3, 0.4) is 0 Å². The lowest BCUT2D eigenvalue weighted by molar-refractivity contribution is -0.114. The van der Waals surface area contributed by atoms with Crippen molar-refractivity contribution in [3.8, 4) is 0 Å². The lowest BCUT2D eigenvalue weighted by Gasteiger charge is -2.35. The largest absolute Gasteiger partial charge is 0.395 e. The molecule has 2 heterocycles. The van der Waals surface area contributed by atoms with E-state index in [4.69, 9.17) is 5.11 Å². The molecule has 2 aliphatic heterocycles. The molecule has 0 aromatic heterocycles. The van der Waals surface area contributed by atoms with Crippen molar-refractivity contribution < 1.29 is 9.90 Å². The van der Waals surface area contributed by atoms with Crippen LogP contribution < -0.4 is 5.32 Å². The smallest absolute Gasteiger partial charge is 0.296 e. The van der Waals surface area contributed by atoms with Crippen LogP contribution >= 0.6 is 0 Å². The van der Waals surface area contributed by atoms with Crippen LogP contribution in [0.25, 0.3) is 16.8 Å². The number of amides is 1. The Morgan fingerprint density at radius 3 is 2.65 bits per heavy atom. The normalized spacial score (nSPS) is 19.9. The van der Waals surface area contributed by atoms with Gasteiger partial charge < -0.3 is 15.3 Å². The summed E-state index contributed by atoms with van der Waals surface area (Å²) in [6.07, 6.45) is 1.88. The molecule has 6 nitrogen and oxygen atoms in total. The summed E-state index contributed by atoms with van der Waals surface area (Å²) in [6.45, 7) is 4.17. The molecule has 2 aliphatic rings. The first kappa shape index (κ1) is 16.8. The van der Waals surface area contributed by atoms with Gasteiger partial charge in [-0.15, -0.1) is 0 Å². The molecule has 0 saturated carbocycles. The van der Waals surface area contributed by atoms with Crippen LogP contribution in [0.2, 0.25) is 0 Å². The molecule has 1 saturated heterocycles. The molecule has 0 bridgehead atoms. The summed E-state index contributed by atoms with van der Waals surface area (Å²) >= 11 is 0. The van der Waals surface area contributed by atoms with Gasteiger partial charge in [0.15, 0.2) is 0 Å². The van der Waals surface area contributed by atoms with Gasteiger partial charge in [0.25, 0.3) is 5.91 Å². The summed E-state index contributed by atoms with van der Waals surface area (Å²) in [4.78, 5) is 20.8. The average molecular weight is 350 g/mol. The van der Waals surface area contributed by atoms with Crippen molar-refractivity contribution in [2.45, 2.75) is 0 Å². The number of β-amino-alcohol motifs (C(OH)–C–C–N with tert-alkyl or cyclic N) is 1. The van der Waals surface area contributed by atoms with Crippen LogP contribution in [0.5, 0.6) is 0 Å². The van der Waals surface area contributed by atoms with Crippen molar-refractivity contribution in [3.63, 3.8) is 0 Å². The Morgan fingerprint density at radius 2 is 1.85 bits per heavy atom.